The zero-order valence-corrected chi connectivity index (χ0v) is 19.2. The van der Waals surface area contributed by atoms with Gasteiger partial charge >= 0.3 is 0 Å². The molecule has 1 unspecified atom stereocenters. The summed E-state index contributed by atoms with van der Waals surface area (Å²) in [6.07, 6.45) is 3.90. The fraction of sp³-hybridized carbons (Fsp3) is 0.409. The monoisotopic (exact) mass is 475 g/mol. The molecule has 10 heteroatoms. The van der Waals surface area contributed by atoms with Crippen LogP contribution in [0.15, 0.2) is 62.3 Å². The number of hydrogen-bond donors (Lipinski definition) is 0. The van der Waals surface area contributed by atoms with Crippen LogP contribution in [0.4, 0.5) is 5.69 Å². The number of sulfonamides is 1. The van der Waals surface area contributed by atoms with Crippen molar-refractivity contribution < 1.29 is 22.3 Å². The molecule has 0 bridgehead atoms. The van der Waals surface area contributed by atoms with Gasteiger partial charge in [-0.3, -0.25) is 0 Å². The van der Waals surface area contributed by atoms with E-state index in [4.69, 9.17) is 18.9 Å². The molecule has 2 aliphatic heterocycles. The Kier molecular flexibility index (Phi) is 6.29. The summed E-state index contributed by atoms with van der Waals surface area (Å²) in [6, 6.07) is 10.5. The Hall–Kier alpha value is -2.24. The molecule has 4 heterocycles. The zero-order valence-electron chi connectivity index (χ0n) is 17.6. The summed E-state index contributed by atoms with van der Waals surface area (Å²) in [6.45, 7) is 3.09. The van der Waals surface area contributed by atoms with Crippen LogP contribution in [0.3, 0.4) is 0 Å². The number of ether oxygens (including phenoxy) is 2. The summed E-state index contributed by atoms with van der Waals surface area (Å²) < 4.78 is 46.0. The number of rotatable bonds is 6. The third kappa shape index (κ3) is 4.46. The van der Waals surface area contributed by atoms with Crippen molar-refractivity contribution in [1.29, 1.82) is 0 Å². The van der Waals surface area contributed by atoms with Gasteiger partial charge in [0, 0.05) is 25.1 Å². The van der Waals surface area contributed by atoms with Crippen LogP contribution >= 0.6 is 11.3 Å². The van der Waals surface area contributed by atoms with Crippen molar-refractivity contribution in [2.75, 3.05) is 32.9 Å². The van der Waals surface area contributed by atoms with Gasteiger partial charge in [0.1, 0.15) is 0 Å². The minimum Gasteiger partial charge on any atom is -0.463 e. The van der Waals surface area contributed by atoms with Crippen molar-refractivity contribution in [2.45, 2.75) is 30.4 Å². The second-order valence-electron chi connectivity index (χ2n) is 7.75. The molecule has 2 saturated heterocycles. The normalized spacial score (nSPS) is 20.8. The van der Waals surface area contributed by atoms with Gasteiger partial charge in [-0.05, 0) is 49.2 Å². The molecule has 170 valence electrons. The van der Waals surface area contributed by atoms with Crippen LogP contribution in [-0.4, -0.2) is 56.3 Å². The van der Waals surface area contributed by atoms with Crippen molar-refractivity contribution in [3.63, 3.8) is 0 Å². The molecule has 3 aromatic rings. The van der Waals surface area contributed by atoms with E-state index in [1.54, 1.807) is 30.5 Å². The lowest BCUT2D eigenvalue weighted by molar-refractivity contribution is 0.0730. The lowest BCUT2D eigenvalue weighted by atomic mass is 10.2. The van der Waals surface area contributed by atoms with Crippen LogP contribution in [0, 0.1) is 0 Å². The van der Waals surface area contributed by atoms with Gasteiger partial charge < -0.3 is 18.5 Å². The third-order valence-corrected chi connectivity index (χ3v) is 8.43. The molecule has 1 atom stereocenters. The van der Waals surface area contributed by atoms with E-state index in [1.807, 2.05) is 17.5 Å². The standard InChI is InChI=1S/C22H25N3O5S2/c26-32(27,24-9-13-28-14-10-24)19-7-5-17(6-8-19)23-22-25(15-18-3-1-11-29-18)20(16-31-22)21-4-2-12-30-21/h2,4-8,12,16,18H,1,3,9-11,13-15H2. The summed E-state index contributed by atoms with van der Waals surface area (Å²) in [4.78, 5) is 5.89. The predicted octanol–water partition coefficient (Wildman–Crippen LogP) is 3.24. The Morgan fingerprint density at radius 3 is 2.59 bits per heavy atom. The highest BCUT2D eigenvalue weighted by Crippen LogP contribution is 2.25. The number of morpholine rings is 1. The molecule has 0 N–H and O–H groups in total. The number of thiazole rings is 1. The minimum absolute atomic E-state index is 0.151. The van der Waals surface area contributed by atoms with Crippen molar-refractivity contribution >= 4 is 27.0 Å². The zero-order chi connectivity index (χ0) is 22.0. The van der Waals surface area contributed by atoms with E-state index in [0.717, 1.165) is 35.7 Å². The second kappa shape index (κ2) is 9.32. The van der Waals surface area contributed by atoms with Gasteiger partial charge in [-0.25, -0.2) is 13.4 Å². The third-order valence-electron chi connectivity index (χ3n) is 5.65. The number of furan rings is 1. The molecular weight excluding hydrogens is 450 g/mol. The Morgan fingerprint density at radius 2 is 1.91 bits per heavy atom. The number of nitrogens with zero attached hydrogens (tertiary/aromatic N) is 3. The topological polar surface area (TPSA) is 86.3 Å². The molecule has 2 aliphatic rings. The van der Waals surface area contributed by atoms with Gasteiger partial charge in [0.05, 0.1) is 48.4 Å². The Morgan fingerprint density at radius 1 is 1.09 bits per heavy atom. The van der Waals surface area contributed by atoms with Gasteiger partial charge in [0.15, 0.2) is 10.6 Å². The van der Waals surface area contributed by atoms with Crippen LogP contribution in [0.2, 0.25) is 0 Å². The van der Waals surface area contributed by atoms with Crippen molar-refractivity contribution in [1.82, 2.24) is 8.87 Å². The lowest BCUT2D eigenvalue weighted by Crippen LogP contribution is -2.40. The predicted molar refractivity (Wildman–Crippen MR) is 120 cm³/mol. The van der Waals surface area contributed by atoms with E-state index < -0.39 is 10.0 Å². The molecule has 0 saturated carbocycles. The van der Waals surface area contributed by atoms with Crippen LogP contribution in [0.5, 0.6) is 0 Å². The molecule has 0 radical (unpaired) electrons. The highest BCUT2D eigenvalue weighted by Gasteiger charge is 2.26. The largest absolute Gasteiger partial charge is 0.463 e. The SMILES string of the molecule is O=S(=O)(c1ccc(N=c2scc(-c3ccco3)n2CC2CCCO2)cc1)N1CCOCC1. The number of aromatic nitrogens is 1. The van der Waals surface area contributed by atoms with E-state index >= 15 is 0 Å². The first-order chi connectivity index (χ1) is 15.6. The van der Waals surface area contributed by atoms with Crippen molar-refractivity contribution in [2.24, 2.45) is 4.99 Å². The first kappa shape index (κ1) is 21.6. The van der Waals surface area contributed by atoms with Gasteiger partial charge in [-0.2, -0.15) is 4.31 Å². The fourth-order valence-electron chi connectivity index (χ4n) is 3.95. The first-order valence-electron chi connectivity index (χ1n) is 10.7. The maximum Gasteiger partial charge on any atom is 0.243 e. The molecule has 32 heavy (non-hydrogen) atoms. The lowest BCUT2D eigenvalue weighted by Gasteiger charge is -2.26. The van der Waals surface area contributed by atoms with E-state index in [0.29, 0.717) is 38.5 Å². The Labute approximate surface area is 190 Å². The van der Waals surface area contributed by atoms with Gasteiger partial charge in [-0.15, -0.1) is 11.3 Å². The molecule has 1 aromatic carbocycles. The number of hydrogen-bond acceptors (Lipinski definition) is 7. The molecule has 0 spiro atoms. The summed E-state index contributed by atoms with van der Waals surface area (Å²) in [7, 11) is -3.52. The van der Waals surface area contributed by atoms with Crippen LogP contribution in [-0.2, 0) is 26.0 Å². The van der Waals surface area contributed by atoms with Gasteiger partial charge in [-0.1, -0.05) is 0 Å². The van der Waals surface area contributed by atoms with Crippen LogP contribution in [0.1, 0.15) is 12.8 Å². The van der Waals surface area contributed by atoms with Crippen LogP contribution < -0.4 is 4.80 Å². The van der Waals surface area contributed by atoms with Gasteiger partial charge in [0.2, 0.25) is 10.0 Å². The molecule has 2 aromatic heterocycles. The fourth-order valence-corrected chi connectivity index (χ4v) is 6.28. The highest BCUT2D eigenvalue weighted by atomic mass is 32.2. The molecule has 0 aliphatic carbocycles. The first-order valence-corrected chi connectivity index (χ1v) is 13.0. The van der Waals surface area contributed by atoms with Crippen molar-refractivity contribution in [3.05, 3.63) is 52.8 Å². The van der Waals surface area contributed by atoms with E-state index in [-0.39, 0.29) is 11.0 Å². The summed E-state index contributed by atoms with van der Waals surface area (Å²) in [5.74, 6) is 0.785. The second-order valence-corrected chi connectivity index (χ2v) is 10.5. The van der Waals surface area contributed by atoms with Gasteiger partial charge in [0.25, 0.3) is 0 Å². The highest BCUT2D eigenvalue weighted by molar-refractivity contribution is 7.89. The van der Waals surface area contributed by atoms with E-state index in [1.165, 1.54) is 15.6 Å². The molecular formula is C22H25N3O5S2. The van der Waals surface area contributed by atoms with Crippen molar-refractivity contribution in [3.8, 4) is 11.5 Å². The number of benzene rings is 1. The summed E-state index contributed by atoms with van der Waals surface area (Å²) in [5.41, 5.74) is 1.65. The summed E-state index contributed by atoms with van der Waals surface area (Å²) >= 11 is 1.53. The molecule has 2 fully saturated rings. The maximum absolute atomic E-state index is 12.9. The van der Waals surface area contributed by atoms with Crippen LogP contribution in [0.25, 0.3) is 11.5 Å². The molecule has 5 rings (SSSR count). The summed E-state index contributed by atoms with van der Waals surface area (Å²) in [5, 5.41) is 2.03. The smallest absolute Gasteiger partial charge is 0.243 e. The average molecular weight is 476 g/mol. The molecule has 8 nitrogen and oxygen atoms in total. The molecule has 0 amide bonds. The minimum atomic E-state index is -3.52. The average Bonchev–Trinajstić information content (AvgIpc) is 3.59. The Balaban J connectivity index is 1.45. The van der Waals surface area contributed by atoms with E-state index in [2.05, 4.69) is 4.57 Å². The van der Waals surface area contributed by atoms with E-state index in [9.17, 15) is 8.42 Å². The maximum atomic E-state index is 12.9. The quantitative estimate of drug-likeness (QED) is 0.546. The Bertz CT molecular complexity index is 1200.